The van der Waals surface area contributed by atoms with Crippen LogP contribution in [0.15, 0.2) is 11.1 Å². The number of unbranched alkanes of at least 4 members (excludes halogenated alkanes) is 3. The lowest BCUT2D eigenvalue weighted by Gasteiger charge is -2.09. The molecule has 8 heteroatoms. The molecule has 0 heterocycles. The molecule has 25 heavy (non-hydrogen) atoms. The quantitative estimate of drug-likeness (QED) is 0.259. The van der Waals surface area contributed by atoms with Crippen LogP contribution < -0.4 is 0 Å². The number of hydrogen-bond acceptors (Lipinski definition) is 6. The molecule has 0 aromatic rings. The van der Waals surface area contributed by atoms with Gasteiger partial charge in [-0.05, 0) is 26.2 Å². The number of carbonyl (C=O) groups is 3. The van der Waals surface area contributed by atoms with E-state index in [-0.39, 0.29) is 25.2 Å². The first-order valence-electron chi connectivity index (χ1n) is 8.34. The van der Waals surface area contributed by atoms with Crippen molar-refractivity contribution in [1.82, 2.24) is 0 Å². The summed E-state index contributed by atoms with van der Waals surface area (Å²) in [6, 6.07) is 0. The van der Waals surface area contributed by atoms with Gasteiger partial charge in [0.1, 0.15) is 6.61 Å². The number of carboxylic acid groups (broad SMARTS) is 2. The van der Waals surface area contributed by atoms with Crippen molar-refractivity contribution in [2.45, 2.75) is 45.4 Å². The first-order valence-corrected chi connectivity index (χ1v) is 8.34. The van der Waals surface area contributed by atoms with Gasteiger partial charge in [-0.1, -0.05) is 12.8 Å². The summed E-state index contributed by atoms with van der Waals surface area (Å²) in [6.07, 6.45) is 2.55. The molecule has 144 valence electrons. The lowest BCUT2D eigenvalue weighted by atomic mass is 9.99. The molecular formula is C17H28O8. The van der Waals surface area contributed by atoms with Gasteiger partial charge in [0, 0.05) is 25.9 Å². The van der Waals surface area contributed by atoms with Gasteiger partial charge in [-0.2, -0.15) is 0 Å². The van der Waals surface area contributed by atoms with E-state index in [1.54, 1.807) is 0 Å². The number of rotatable bonds is 15. The fourth-order valence-electron chi connectivity index (χ4n) is 2.14. The molecule has 2 N–H and O–H groups in total. The zero-order valence-corrected chi connectivity index (χ0v) is 14.9. The highest BCUT2D eigenvalue weighted by atomic mass is 16.6. The van der Waals surface area contributed by atoms with Crippen LogP contribution in [-0.2, 0) is 28.6 Å². The minimum absolute atomic E-state index is 0.00946. The summed E-state index contributed by atoms with van der Waals surface area (Å²) in [5, 5.41) is 18.5. The number of carboxylic acids is 2. The van der Waals surface area contributed by atoms with Crippen LogP contribution in [0.4, 0.5) is 0 Å². The number of esters is 1. The maximum Gasteiger partial charge on any atom is 0.332 e. The van der Waals surface area contributed by atoms with E-state index < -0.39 is 29.9 Å². The zero-order valence-electron chi connectivity index (χ0n) is 14.9. The number of methoxy groups -OCH3 is 1. The van der Waals surface area contributed by atoms with Crippen molar-refractivity contribution in [2.24, 2.45) is 0 Å². The lowest BCUT2D eigenvalue weighted by molar-refractivity contribution is -0.146. The Kier molecular flexibility index (Phi) is 13.3. The standard InChI is InChI=1S/C17H28O8/c1-3-24-9-7-5-4-6-8-13(16(19)20)14(17(21)22)12-15(18)25-11-10-23-2/h3-12H2,1-2H3,(H,19,20)(H,21,22). The second-order valence-corrected chi connectivity index (χ2v) is 5.32. The Morgan fingerprint density at radius 2 is 1.48 bits per heavy atom. The Morgan fingerprint density at radius 3 is 2.04 bits per heavy atom. The van der Waals surface area contributed by atoms with Crippen LogP contribution in [0, 0.1) is 0 Å². The third kappa shape index (κ3) is 11.3. The Labute approximate surface area is 147 Å². The van der Waals surface area contributed by atoms with Crippen molar-refractivity contribution in [3.05, 3.63) is 11.1 Å². The molecule has 0 rings (SSSR count). The summed E-state index contributed by atoms with van der Waals surface area (Å²) < 4.78 is 14.7. The van der Waals surface area contributed by atoms with Crippen LogP contribution in [0.1, 0.15) is 45.4 Å². The average molecular weight is 360 g/mol. The summed E-state index contributed by atoms with van der Waals surface area (Å²) in [5.74, 6) is -3.53. The molecule has 0 aromatic carbocycles. The maximum atomic E-state index is 11.7. The molecule has 0 radical (unpaired) electrons. The van der Waals surface area contributed by atoms with Gasteiger partial charge >= 0.3 is 17.9 Å². The Morgan fingerprint density at radius 1 is 0.840 bits per heavy atom. The smallest absolute Gasteiger partial charge is 0.332 e. The van der Waals surface area contributed by atoms with Gasteiger partial charge in [0.05, 0.1) is 18.6 Å². The molecule has 0 aliphatic heterocycles. The summed E-state index contributed by atoms with van der Waals surface area (Å²) in [7, 11) is 1.44. The fourth-order valence-corrected chi connectivity index (χ4v) is 2.14. The Balaban J connectivity index is 4.65. The largest absolute Gasteiger partial charge is 0.478 e. The van der Waals surface area contributed by atoms with Gasteiger partial charge < -0.3 is 24.4 Å². The van der Waals surface area contributed by atoms with E-state index in [2.05, 4.69) is 0 Å². The normalized spacial score (nSPS) is 11.8. The molecule has 0 spiro atoms. The molecule has 0 aromatic heterocycles. The van der Waals surface area contributed by atoms with E-state index in [9.17, 15) is 24.6 Å². The number of aliphatic carboxylic acids is 2. The number of carbonyl (C=O) groups excluding carboxylic acids is 1. The minimum Gasteiger partial charge on any atom is -0.478 e. The molecule has 0 aliphatic carbocycles. The Bertz CT molecular complexity index is 456. The third-order valence-corrected chi connectivity index (χ3v) is 3.42. The van der Waals surface area contributed by atoms with Crippen LogP contribution in [0.3, 0.4) is 0 Å². The van der Waals surface area contributed by atoms with Crippen molar-refractivity contribution in [3.63, 3.8) is 0 Å². The highest BCUT2D eigenvalue weighted by Crippen LogP contribution is 2.18. The first kappa shape index (κ1) is 23.1. The average Bonchev–Trinajstić information content (AvgIpc) is 2.55. The topological polar surface area (TPSA) is 119 Å². The summed E-state index contributed by atoms with van der Waals surface area (Å²) >= 11 is 0. The van der Waals surface area contributed by atoms with Crippen LogP contribution >= 0.6 is 0 Å². The van der Waals surface area contributed by atoms with Gasteiger partial charge in [0.25, 0.3) is 0 Å². The van der Waals surface area contributed by atoms with Gasteiger partial charge in [-0.15, -0.1) is 0 Å². The van der Waals surface area contributed by atoms with Crippen LogP contribution in [-0.4, -0.2) is 61.7 Å². The first-order chi connectivity index (χ1) is 11.9. The number of ether oxygens (including phenoxy) is 3. The van der Waals surface area contributed by atoms with E-state index in [4.69, 9.17) is 14.2 Å². The second kappa shape index (κ2) is 14.4. The van der Waals surface area contributed by atoms with Crippen LogP contribution in [0.25, 0.3) is 0 Å². The van der Waals surface area contributed by atoms with Gasteiger partial charge in [-0.3, -0.25) is 4.79 Å². The van der Waals surface area contributed by atoms with Crippen molar-refractivity contribution in [2.75, 3.05) is 33.5 Å². The highest BCUT2D eigenvalue weighted by molar-refractivity contribution is 6.01. The van der Waals surface area contributed by atoms with E-state index in [1.165, 1.54) is 7.11 Å². The predicted molar refractivity (Wildman–Crippen MR) is 89.3 cm³/mol. The fraction of sp³-hybridized carbons (Fsp3) is 0.706. The molecule has 0 bridgehead atoms. The second-order valence-electron chi connectivity index (χ2n) is 5.32. The van der Waals surface area contributed by atoms with E-state index in [0.29, 0.717) is 19.6 Å². The molecule has 0 atom stereocenters. The van der Waals surface area contributed by atoms with Gasteiger partial charge in [0.15, 0.2) is 0 Å². The summed E-state index contributed by atoms with van der Waals surface area (Å²) in [4.78, 5) is 34.4. The summed E-state index contributed by atoms with van der Waals surface area (Å²) in [5.41, 5.74) is -0.676. The van der Waals surface area contributed by atoms with E-state index >= 15 is 0 Å². The zero-order chi connectivity index (χ0) is 19.1. The van der Waals surface area contributed by atoms with Crippen molar-refractivity contribution < 1.29 is 38.8 Å². The number of hydrogen-bond donors (Lipinski definition) is 2. The van der Waals surface area contributed by atoms with Crippen molar-refractivity contribution in [1.29, 1.82) is 0 Å². The maximum absolute atomic E-state index is 11.7. The monoisotopic (exact) mass is 360 g/mol. The van der Waals surface area contributed by atoms with Crippen LogP contribution in [0.5, 0.6) is 0 Å². The van der Waals surface area contributed by atoms with E-state index in [0.717, 1.165) is 19.3 Å². The SMILES string of the molecule is CCOCCCCCCC(C(=O)O)=C(CC(=O)OCCOC)C(=O)O. The molecular weight excluding hydrogens is 332 g/mol. The molecule has 0 aliphatic rings. The molecule has 0 fully saturated rings. The van der Waals surface area contributed by atoms with Gasteiger partial charge in [-0.25, -0.2) is 9.59 Å². The molecule has 0 unspecified atom stereocenters. The molecule has 0 amide bonds. The molecule has 0 saturated heterocycles. The van der Waals surface area contributed by atoms with Crippen LogP contribution in [0.2, 0.25) is 0 Å². The highest BCUT2D eigenvalue weighted by Gasteiger charge is 2.23. The Hall–Kier alpha value is -1.93. The predicted octanol–water partition coefficient (Wildman–Crippen LogP) is 2.02. The molecule has 0 saturated carbocycles. The van der Waals surface area contributed by atoms with Crippen molar-refractivity contribution >= 4 is 17.9 Å². The van der Waals surface area contributed by atoms with Crippen molar-refractivity contribution in [3.8, 4) is 0 Å². The third-order valence-electron chi connectivity index (χ3n) is 3.42. The lowest BCUT2D eigenvalue weighted by Crippen LogP contribution is -2.17. The minimum atomic E-state index is -1.42. The van der Waals surface area contributed by atoms with E-state index in [1.807, 2.05) is 6.92 Å². The molecule has 8 nitrogen and oxygen atoms in total. The van der Waals surface area contributed by atoms with Gasteiger partial charge in [0.2, 0.25) is 0 Å². The summed E-state index contributed by atoms with van der Waals surface area (Å²) in [6.45, 7) is 3.41.